The van der Waals surface area contributed by atoms with E-state index in [0.717, 1.165) is 11.3 Å². The van der Waals surface area contributed by atoms with Crippen LogP contribution in [0.1, 0.15) is 17.2 Å². The molecule has 1 aromatic heterocycles. The molecule has 0 saturated carbocycles. The minimum atomic E-state index is -0.282. The lowest BCUT2D eigenvalue weighted by atomic mass is 9.99. The summed E-state index contributed by atoms with van der Waals surface area (Å²) in [5, 5.41) is 3.14. The number of methoxy groups -OCH3 is 1. The summed E-state index contributed by atoms with van der Waals surface area (Å²) in [6.45, 7) is 0. The van der Waals surface area contributed by atoms with Crippen LogP contribution < -0.4 is 10.1 Å². The predicted molar refractivity (Wildman–Crippen MR) is 72.7 cm³/mol. The summed E-state index contributed by atoms with van der Waals surface area (Å²) in [5.41, 5.74) is 1.75. The van der Waals surface area contributed by atoms with E-state index in [-0.39, 0.29) is 11.9 Å². The van der Waals surface area contributed by atoms with Crippen LogP contribution in [0.3, 0.4) is 0 Å². The third-order valence-corrected chi connectivity index (χ3v) is 3.13. The molecule has 1 unspecified atom stereocenters. The average Bonchev–Trinajstić information content (AvgIpc) is 2.46. The highest BCUT2D eigenvalue weighted by molar-refractivity contribution is 5.29. The molecule has 0 saturated heterocycles. The van der Waals surface area contributed by atoms with E-state index in [0.29, 0.717) is 12.0 Å². The molecule has 0 radical (unpaired) electrons. The normalized spacial score (nSPS) is 12.2. The molecule has 3 nitrogen and oxygen atoms in total. The number of aromatic nitrogens is 1. The Bertz CT molecular complexity index is 528. The van der Waals surface area contributed by atoms with Gasteiger partial charge in [-0.3, -0.25) is 4.98 Å². The summed E-state index contributed by atoms with van der Waals surface area (Å²) in [6, 6.07) is 9.43. The van der Waals surface area contributed by atoms with Gasteiger partial charge in [-0.15, -0.1) is 0 Å². The molecular weight excluding hydrogens is 243 g/mol. The number of likely N-dealkylation sites (N-methyl/N-ethyl adjacent to an activating group) is 1. The zero-order chi connectivity index (χ0) is 13.7. The second-order valence-corrected chi connectivity index (χ2v) is 4.29. The Hall–Kier alpha value is -1.94. The third kappa shape index (κ3) is 3.29. The van der Waals surface area contributed by atoms with Crippen molar-refractivity contribution in [2.45, 2.75) is 12.5 Å². The van der Waals surface area contributed by atoms with Gasteiger partial charge in [-0.05, 0) is 37.2 Å². The predicted octanol–water partition coefficient (Wildman–Crippen LogP) is 2.73. The Morgan fingerprint density at radius 2 is 2.00 bits per heavy atom. The van der Waals surface area contributed by atoms with Gasteiger partial charge in [-0.2, -0.15) is 0 Å². The van der Waals surface area contributed by atoms with Crippen LogP contribution in [0.5, 0.6) is 5.75 Å². The van der Waals surface area contributed by atoms with Crippen LogP contribution in [0.4, 0.5) is 4.39 Å². The number of hydrogen-bond donors (Lipinski definition) is 1. The van der Waals surface area contributed by atoms with E-state index < -0.39 is 0 Å². The molecule has 4 heteroatoms. The number of nitrogens with one attached hydrogen (secondary N) is 1. The summed E-state index contributed by atoms with van der Waals surface area (Å²) in [7, 11) is 3.46. The SMILES string of the molecule is CNC(Cc1ccc(OC)cc1)c1ccncc1F. The Morgan fingerprint density at radius 1 is 1.26 bits per heavy atom. The van der Waals surface area contributed by atoms with E-state index in [1.807, 2.05) is 31.3 Å². The molecule has 1 N–H and O–H groups in total. The topological polar surface area (TPSA) is 34.1 Å². The molecule has 0 aliphatic carbocycles. The lowest BCUT2D eigenvalue weighted by molar-refractivity contribution is 0.414. The van der Waals surface area contributed by atoms with Crippen LogP contribution >= 0.6 is 0 Å². The van der Waals surface area contributed by atoms with Gasteiger partial charge < -0.3 is 10.1 Å². The molecule has 0 spiro atoms. The van der Waals surface area contributed by atoms with E-state index in [1.165, 1.54) is 6.20 Å². The van der Waals surface area contributed by atoms with Gasteiger partial charge in [0, 0.05) is 17.8 Å². The summed E-state index contributed by atoms with van der Waals surface area (Å²) in [4.78, 5) is 3.77. The van der Waals surface area contributed by atoms with E-state index in [9.17, 15) is 4.39 Å². The van der Waals surface area contributed by atoms with Gasteiger partial charge in [0.1, 0.15) is 11.6 Å². The molecule has 1 heterocycles. The minimum Gasteiger partial charge on any atom is -0.497 e. The lowest BCUT2D eigenvalue weighted by Crippen LogP contribution is -2.20. The quantitative estimate of drug-likeness (QED) is 0.897. The van der Waals surface area contributed by atoms with Crippen molar-refractivity contribution in [1.82, 2.24) is 10.3 Å². The van der Waals surface area contributed by atoms with Crippen LogP contribution in [0.25, 0.3) is 0 Å². The number of benzene rings is 1. The first-order valence-corrected chi connectivity index (χ1v) is 6.14. The van der Waals surface area contributed by atoms with Crippen molar-refractivity contribution in [3.63, 3.8) is 0 Å². The van der Waals surface area contributed by atoms with Crippen LogP contribution in [-0.4, -0.2) is 19.1 Å². The first-order valence-electron chi connectivity index (χ1n) is 6.14. The van der Waals surface area contributed by atoms with Crippen molar-refractivity contribution in [2.24, 2.45) is 0 Å². The highest BCUT2D eigenvalue weighted by atomic mass is 19.1. The van der Waals surface area contributed by atoms with Crippen molar-refractivity contribution in [3.8, 4) is 5.75 Å². The summed E-state index contributed by atoms with van der Waals surface area (Å²) >= 11 is 0. The van der Waals surface area contributed by atoms with Gasteiger partial charge in [0.05, 0.1) is 13.3 Å². The highest BCUT2D eigenvalue weighted by Crippen LogP contribution is 2.21. The van der Waals surface area contributed by atoms with E-state index in [1.54, 1.807) is 19.4 Å². The fourth-order valence-corrected chi connectivity index (χ4v) is 2.03. The van der Waals surface area contributed by atoms with Crippen molar-refractivity contribution >= 4 is 0 Å². The fraction of sp³-hybridized carbons (Fsp3) is 0.267. The molecule has 0 fully saturated rings. The Balaban J connectivity index is 2.17. The van der Waals surface area contributed by atoms with Crippen molar-refractivity contribution < 1.29 is 9.13 Å². The largest absolute Gasteiger partial charge is 0.497 e. The van der Waals surface area contributed by atoms with Crippen molar-refractivity contribution in [3.05, 3.63) is 59.7 Å². The van der Waals surface area contributed by atoms with Crippen LogP contribution in [0.15, 0.2) is 42.7 Å². The van der Waals surface area contributed by atoms with Crippen molar-refractivity contribution in [2.75, 3.05) is 14.2 Å². The Labute approximate surface area is 112 Å². The monoisotopic (exact) mass is 260 g/mol. The molecule has 0 amide bonds. The molecule has 100 valence electrons. The summed E-state index contributed by atoms with van der Waals surface area (Å²) < 4.78 is 18.8. The minimum absolute atomic E-state index is 0.0728. The maximum Gasteiger partial charge on any atom is 0.146 e. The molecular formula is C15H17FN2O. The van der Waals surface area contributed by atoms with Gasteiger partial charge in [0.15, 0.2) is 0 Å². The van der Waals surface area contributed by atoms with Gasteiger partial charge >= 0.3 is 0 Å². The maximum absolute atomic E-state index is 13.7. The molecule has 19 heavy (non-hydrogen) atoms. The number of rotatable bonds is 5. The second kappa shape index (κ2) is 6.29. The highest BCUT2D eigenvalue weighted by Gasteiger charge is 2.14. The zero-order valence-electron chi connectivity index (χ0n) is 11.1. The van der Waals surface area contributed by atoms with Crippen LogP contribution in [0.2, 0.25) is 0 Å². The second-order valence-electron chi connectivity index (χ2n) is 4.29. The third-order valence-electron chi connectivity index (χ3n) is 3.13. The number of pyridine rings is 1. The number of nitrogens with zero attached hydrogens (tertiary/aromatic N) is 1. The molecule has 2 aromatic rings. The Morgan fingerprint density at radius 3 is 2.58 bits per heavy atom. The molecule has 0 aliphatic heterocycles. The standard InChI is InChI=1S/C15H17FN2O/c1-17-15(13-7-8-18-10-14(13)16)9-11-3-5-12(19-2)6-4-11/h3-8,10,15,17H,9H2,1-2H3. The van der Waals surface area contributed by atoms with Crippen molar-refractivity contribution in [1.29, 1.82) is 0 Å². The van der Waals surface area contributed by atoms with Gasteiger partial charge in [0.2, 0.25) is 0 Å². The Kier molecular flexibility index (Phi) is 4.47. The van der Waals surface area contributed by atoms with Crippen LogP contribution in [-0.2, 0) is 6.42 Å². The van der Waals surface area contributed by atoms with Gasteiger partial charge in [-0.25, -0.2) is 4.39 Å². The number of halogens is 1. The molecule has 1 aromatic carbocycles. The number of ether oxygens (including phenoxy) is 1. The van der Waals surface area contributed by atoms with Gasteiger partial charge in [-0.1, -0.05) is 12.1 Å². The number of hydrogen-bond acceptors (Lipinski definition) is 3. The summed E-state index contributed by atoms with van der Waals surface area (Å²) in [6.07, 6.45) is 3.56. The van der Waals surface area contributed by atoms with Gasteiger partial charge in [0.25, 0.3) is 0 Å². The van der Waals surface area contributed by atoms with E-state index in [2.05, 4.69) is 10.3 Å². The van der Waals surface area contributed by atoms with Crippen LogP contribution in [0, 0.1) is 5.82 Å². The zero-order valence-corrected chi connectivity index (χ0v) is 11.1. The first kappa shape index (κ1) is 13.5. The average molecular weight is 260 g/mol. The molecule has 0 bridgehead atoms. The van der Waals surface area contributed by atoms with E-state index in [4.69, 9.17) is 4.74 Å². The molecule has 0 aliphatic rings. The molecule has 1 atom stereocenters. The lowest BCUT2D eigenvalue weighted by Gasteiger charge is -2.17. The maximum atomic E-state index is 13.7. The first-order chi connectivity index (χ1) is 9.24. The summed E-state index contributed by atoms with van der Waals surface area (Å²) in [5.74, 6) is 0.537. The fourth-order valence-electron chi connectivity index (χ4n) is 2.03. The molecule has 2 rings (SSSR count). The smallest absolute Gasteiger partial charge is 0.146 e. The van der Waals surface area contributed by atoms with E-state index >= 15 is 0 Å².